The molecular formula is C51H78N16O13. The van der Waals surface area contributed by atoms with E-state index in [0.29, 0.717) is 31.7 Å². The molecule has 1 aliphatic carbocycles. The molecule has 19 N–H and O–H groups in total. The van der Waals surface area contributed by atoms with Crippen molar-refractivity contribution in [3.63, 3.8) is 0 Å². The number of aromatic nitrogens is 8. The monoisotopic (exact) mass is 1120 g/mol. The van der Waals surface area contributed by atoms with Crippen molar-refractivity contribution in [1.82, 2.24) is 44.9 Å². The van der Waals surface area contributed by atoms with Crippen molar-refractivity contribution in [1.29, 1.82) is 0 Å². The fraction of sp³-hybridized carbons (Fsp3) is 0.667. The summed E-state index contributed by atoms with van der Waals surface area (Å²) in [4.78, 5) is 13.1. The second-order valence-corrected chi connectivity index (χ2v) is 21.6. The summed E-state index contributed by atoms with van der Waals surface area (Å²) in [6.45, 7) is 4.61. The Bertz CT molecular complexity index is 2750. The number of unbranched alkanes of at least 4 members (excludes halogenated alkanes) is 1. The predicted octanol–water partition coefficient (Wildman–Crippen LogP) is -5.06. The van der Waals surface area contributed by atoms with Gasteiger partial charge in [0.1, 0.15) is 85.3 Å². The summed E-state index contributed by atoms with van der Waals surface area (Å²) < 4.78 is 46.1. The van der Waals surface area contributed by atoms with E-state index in [9.17, 15) is 30.6 Å². The van der Waals surface area contributed by atoms with Gasteiger partial charge in [-0.05, 0) is 81.6 Å². The third-order valence-electron chi connectivity index (χ3n) is 15.9. The molecule has 0 amide bonds. The molecule has 3 aromatic heterocycles. The molecular weight excluding hydrogens is 1040 g/mol. The normalized spacial score (nSPS) is 35.3. The lowest BCUT2D eigenvalue weighted by Crippen LogP contribution is -2.68. The first-order valence-electron chi connectivity index (χ1n) is 27.4. The van der Waals surface area contributed by atoms with Gasteiger partial charge in [0.05, 0.1) is 53.7 Å². The molecule has 19 atom stereocenters. The van der Waals surface area contributed by atoms with Gasteiger partial charge in [0.15, 0.2) is 18.9 Å². The second-order valence-electron chi connectivity index (χ2n) is 21.6. The molecule has 7 heterocycles. The standard InChI is InChI=1S/C51H78N16O13/c1-64-12-14-65(15-13-64)28-8-11-32-33(18-28)59-48(58-32)25-6-9-29(10-7-25)74-17-16-66-22-26(60-62-66)4-2-3-5-27-23-67(63-61-27)24-36-46(79-50-38(57)43(72)41(70)35(21-53)76-50)44(73)51(77-36)80-47-39(68)30(54)19-31(55)45(47)78-49-37(56)42(71)40(69)34(20-52)75-49/h6-11,18,22-23,30-31,34-47,49-51,68-73H,2-5,12-17,19-21,24,52-57H2,1H3,(H,58,59)/t30-,31?,34?,35+,36-,37?,38?,39?,40-,41-,42-,43?,44+,45+,46+,47-,49+,50-,51?/m1/s1. The molecule has 29 nitrogen and oxygen atoms in total. The van der Waals surface area contributed by atoms with Gasteiger partial charge in [-0.1, -0.05) is 10.4 Å². The number of imidazole rings is 1. The number of nitrogens with zero attached hydrogens (tertiary/aromatic N) is 9. The minimum absolute atomic E-state index is 0.0429. The number of hydrogen-bond acceptors (Lipinski definition) is 26. The molecule has 4 saturated heterocycles. The molecule has 80 heavy (non-hydrogen) atoms. The number of nitrogens with two attached hydrogens (primary N) is 6. The quantitative estimate of drug-likeness (QED) is 0.0306. The van der Waals surface area contributed by atoms with Crippen molar-refractivity contribution in [2.45, 2.75) is 161 Å². The van der Waals surface area contributed by atoms with Crippen LogP contribution in [0.5, 0.6) is 5.75 Å². The first-order valence-corrected chi connectivity index (χ1v) is 27.4. The number of aromatic amines is 1. The van der Waals surface area contributed by atoms with Crippen LogP contribution in [0.4, 0.5) is 5.69 Å². The SMILES string of the molecule is CN1CCN(c2ccc3nc(-c4ccc(OCCn5cc(CCCCc6cn(C[C@H]7OC(O[C@@H]8C(O)[C@H](N)CC(N)[C@@H]8O[C@@H]8OC(CN)[C@@H](O)[C@H](O)C8N)[C@@H](O)[C@H]7O[C@H]7O[C@@H](CN)[C@@H](O)C(O)C7N)nn6)nn5)cc4)[nH]c3c2)CC1. The van der Waals surface area contributed by atoms with Gasteiger partial charge in [0.25, 0.3) is 0 Å². The number of benzene rings is 2. The predicted molar refractivity (Wildman–Crippen MR) is 285 cm³/mol. The van der Waals surface area contributed by atoms with Gasteiger partial charge in [0.2, 0.25) is 0 Å². The van der Waals surface area contributed by atoms with E-state index in [2.05, 4.69) is 60.7 Å². The lowest BCUT2D eigenvalue weighted by Gasteiger charge is -2.47. The van der Waals surface area contributed by atoms with E-state index in [-0.39, 0.29) is 26.1 Å². The summed E-state index contributed by atoms with van der Waals surface area (Å²) in [5, 5.41) is 83.2. The Balaban J connectivity index is 0.718. The van der Waals surface area contributed by atoms with Gasteiger partial charge >= 0.3 is 0 Å². The van der Waals surface area contributed by atoms with E-state index < -0.39 is 116 Å². The Hall–Kier alpha value is -4.97. The Morgan fingerprint density at radius 2 is 1.23 bits per heavy atom. The van der Waals surface area contributed by atoms with Crippen LogP contribution >= 0.6 is 0 Å². The van der Waals surface area contributed by atoms with Crippen LogP contribution in [0.25, 0.3) is 22.4 Å². The maximum Gasteiger partial charge on any atom is 0.187 e. The van der Waals surface area contributed by atoms with E-state index in [4.69, 9.17) is 72.5 Å². The maximum absolute atomic E-state index is 11.9. The minimum Gasteiger partial charge on any atom is -0.492 e. The number of aryl methyl sites for hydroxylation is 2. The highest BCUT2D eigenvalue weighted by molar-refractivity contribution is 5.83. The molecule has 0 radical (unpaired) electrons. The number of H-pyrrole nitrogens is 1. The summed E-state index contributed by atoms with van der Waals surface area (Å²) in [6, 6.07) is 9.95. The highest BCUT2D eigenvalue weighted by atomic mass is 16.8. The van der Waals surface area contributed by atoms with Gasteiger partial charge < -0.3 is 113 Å². The maximum atomic E-state index is 11.9. The summed E-state index contributed by atoms with van der Waals surface area (Å²) >= 11 is 0. The van der Waals surface area contributed by atoms with Crippen molar-refractivity contribution in [2.24, 2.45) is 34.4 Å². The molecule has 2 aromatic carbocycles. The third-order valence-corrected chi connectivity index (χ3v) is 15.9. The van der Waals surface area contributed by atoms with Gasteiger partial charge in [-0.3, -0.25) is 0 Å². The average Bonchev–Trinajstić information content (AvgIpc) is 4.30. The molecule has 5 aromatic rings. The molecule has 440 valence electrons. The number of nitrogens with one attached hydrogen (secondary N) is 1. The molecule has 0 bridgehead atoms. The number of piperazine rings is 1. The number of anilines is 1. The summed E-state index contributed by atoms with van der Waals surface area (Å²) in [5.41, 5.74) is 42.6. The number of hydrogen-bond donors (Lipinski definition) is 13. The highest BCUT2D eigenvalue weighted by Crippen LogP contribution is 2.35. The highest BCUT2D eigenvalue weighted by Gasteiger charge is 2.54. The molecule has 4 aliphatic heterocycles. The zero-order chi connectivity index (χ0) is 56.4. The molecule has 10 rings (SSSR count). The molecule has 0 spiro atoms. The fourth-order valence-corrected chi connectivity index (χ4v) is 11.0. The molecule has 1 saturated carbocycles. The van der Waals surface area contributed by atoms with Gasteiger partial charge in [0, 0.05) is 75.0 Å². The van der Waals surface area contributed by atoms with Crippen LogP contribution in [-0.2, 0) is 54.4 Å². The third kappa shape index (κ3) is 13.0. The Kier molecular flexibility index (Phi) is 18.7. The summed E-state index contributed by atoms with van der Waals surface area (Å²) in [6.07, 6.45) is -13.6. The van der Waals surface area contributed by atoms with E-state index in [1.165, 1.54) is 10.4 Å². The van der Waals surface area contributed by atoms with Gasteiger partial charge in [-0.25, -0.2) is 14.3 Å². The smallest absolute Gasteiger partial charge is 0.187 e. The van der Waals surface area contributed by atoms with Gasteiger partial charge in [-0.15, -0.1) is 10.2 Å². The lowest BCUT2D eigenvalue weighted by atomic mass is 9.84. The van der Waals surface area contributed by atoms with Crippen LogP contribution in [0.1, 0.15) is 30.7 Å². The number of aliphatic hydroxyl groups is 6. The number of ether oxygens (including phenoxy) is 7. The summed E-state index contributed by atoms with van der Waals surface area (Å²) in [5.74, 6) is 1.54. The van der Waals surface area contributed by atoms with Crippen LogP contribution < -0.4 is 44.0 Å². The van der Waals surface area contributed by atoms with Crippen molar-refractivity contribution in [2.75, 3.05) is 57.8 Å². The Morgan fingerprint density at radius 3 is 1.86 bits per heavy atom. The molecule has 29 heteroatoms. The first-order chi connectivity index (χ1) is 38.5. The van der Waals surface area contributed by atoms with Crippen molar-refractivity contribution >= 4 is 16.7 Å². The van der Waals surface area contributed by atoms with E-state index in [0.717, 1.165) is 72.9 Å². The van der Waals surface area contributed by atoms with Crippen LogP contribution in [-0.4, -0.2) is 245 Å². The molecule has 5 aliphatic rings. The minimum atomic E-state index is -1.62. The lowest BCUT2D eigenvalue weighted by molar-refractivity contribution is -0.306. The number of aliphatic hydroxyl groups excluding tert-OH is 6. The van der Waals surface area contributed by atoms with E-state index in [1.54, 1.807) is 10.9 Å². The van der Waals surface area contributed by atoms with E-state index in [1.807, 2.05) is 30.5 Å². The fourth-order valence-electron chi connectivity index (χ4n) is 11.0. The number of rotatable bonds is 21. The zero-order valence-electron chi connectivity index (χ0n) is 44.6. The second kappa shape index (κ2) is 25.7. The van der Waals surface area contributed by atoms with Crippen LogP contribution in [0.3, 0.4) is 0 Å². The molecule has 7 unspecified atom stereocenters. The van der Waals surface area contributed by atoms with Crippen LogP contribution in [0, 0.1) is 0 Å². The topological polar surface area (TPSA) is 439 Å². The van der Waals surface area contributed by atoms with Gasteiger partial charge in [-0.2, -0.15) is 0 Å². The summed E-state index contributed by atoms with van der Waals surface area (Å²) in [7, 11) is 2.15. The van der Waals surface area contributed by atoms with Crippen molar-refractivity contribution in [3.05, 3.63) is 66.2 Å². The van der Waals surface area contributed by atoms with Crippen LogP contribution in [0.15, 0.2) is 54.9 Å². The Morgan fingerprint density at radius 1 is 0.637 bits per heavy atom. The average molecular weight is 1120 g/mol. The van der Waals surface area contributed by atoms with Crippen molar-refractivity contribution in [3.8, 4) is 17.1 Å². The largest absolute Gasteiger partial charge is 0.492 e. The zero-order valence-corrected chi connectivity index (χ0v) is 44.6. The first kappa shape index (κ1) is 58.2. The Labute approximate surface area is 461 Å². The number of fused-ring (bicyclic) bond motifs is 1. The van der Waals surface area contributed by atoms with Crippen LogP contribution in [0.2, 0.25) is 0 Å². The number of likely N-dealkylation sites (N-methyl/N-ethyl adjacent to an activating group) is 1. The van der Waals surface area contributed by atoms with E-state index >= 15 is 0 Å². The van der Waals surface area contributed by atoms with Crippen molar-refractivity contribution < 1.29 is 63.8 Å². The molecule has 5 fully saturated rings.